The fraction of sp³-hybridized carbons (Fsp3) is 0.268. The SMILES string of the molecule is CCCCCCCCCCCCCCc1cc(-c2cc(C)cc(-n3c4ccccc4c4cc(-c5ccc(N(c6ccc(-c7ccccc7)cc6)c6ccc7c(c6)C(C)(C)c6ccccc6-7)cc5)ccc43)c2)sc1C. The summed E-state index contributed by atoms with van der Waals surface area (Å²) in [7, 11) is 0. The number of nitrogens with zero attached hydrogens (tertiary/aromatic N) is 2. The Morgan fingerprint density at radius 2 is 1.00 bits per heavy atom. The maximum absolute atomic E-state index is 2.49. The smallest absolute Gasteiger partial charge is 0.0541 e. The van der Waals surface area contributed by atoms with Crippen LogP contribution in [0, 0.1) is 13.8 Å². The molecule has 11 rings (SSSR count). The molecule has 1 aliphatic rings. The van der Waals surface area contributed by atoms with Crippen LogP contribution >= 0.6 is 11.3 Å². The summed E-state index contributed by atoms with van der Waals surface area (Å²) in [5.74, 6) is 0. The van der Waals surface area contributed by atoms with E-state index in [1.165, 1.54) is 182 Å². The summed E-state index contributed by atoms with van der Waals surface area (Å²) in [4.78, 5) is 5.26. The van der Waals surface area contributed by atoms with E-state index in [-0.39, 0.29) is 5.41 Å². The largest absolute Gasteiger partial charge is 0.310 e. The third-order valence-electron chi connectivity index (χ3n) is 16.1. The fourth-order valence-electron chi connectivity index (χ4n) is 12.0. The van der Waals surface area contributed by atoms with Gasteiger partial charge in [0.1, 0.15) is 0 Å². The minimum absolute atomic E-state index is 0.101. The summed E-state index contributed by atoms with van der Waals surface area (Å²) in [5.41, 5.74) is 21.4. The van der Waals surface area contributed by atoms with Crippen molar-refractivity contribution in [3.63, 3.8) is 0 Å². The molecule has 8 aromatic carbocycles. The zero-order valence-corrected chi connectivity index (χ0v) is 45.2. The van der Waals surface area contributed by atoms with Crippen molar-refractivity contribution in [2.45, 2.75) is 124 Å². The van der Waals surface area contributed by atoms with Gasteiger partial charge in [0.25, 0.3) is 0 Å². The van der Waals surface area contributed by atoms with Gasteiger partial charge in [-0.15, -0.1) is 11.3 Å². The van der Waals surface area contributed by atoms with E-state index in [1.807, 2.05) is 11.3 Å². The molecule has 0 amide bonds. The fourth-order valence-corrected chi connectivity index (χ4v) is 13.1. The normalized spacial score (nSPS) is 12.7. The van der Waals surface area contributed by atoms with Crippen LogP contribution in [0.15, 0.2) is 188 Å². The van der Waals surface area contributed by atoms with Crippen molar-refractivity contribution in [3.8, 4) is 49.5 Å². The third kappa shape index (κ3) is 10.0. The van der Waals surface area contributed by atoms with E-state index >= 15 is 0 Å². The molecule has 0 radical (unpaired) electrons. The van der Waals surface area contributed by atoms with Crippen molar-refractivity contribution in [1.29, 1.82) is 0 Å². The number of benzene rings is 8. The lowest BCUT2D eigenvalue weighted by atomic mass is 9.82. The Bertz CT molecular complexity index is 3530. The monoisotopic (exact) mass is 985 g/mol. The van der Waals surface area contributed by atoms with Gasteiger partial charge in [-0.2, -0.15) is 0 Å². The van der Waals surface area contributed by atoms with E-state index in [2.05, 4.69) is 232 Å². The number of para-hydroxylation sites is 1. The summed E-state index contributed by atoms with van der Waals surface area (Å²) < 4.78 is 2.49. The highest BCUT2D eigenvalue weighted by atomic mass is 32.1. The second-order valence-electron chi connectivity index (χ2n) is 21.7. The number of aryl methyl sites for hydroxylation is 3. The Kier molecular flexibility index (Phi) is 14.6. The van der Waals surface area contributed by atoms with Crippen molar-refractivity contribution in [1.82, 2.24) is 4.57 Å². The number of hydrogen-bond donors (Lipinski definition) is 0. The molecule has 2 aromatic heterocycles. The van der Waals surface area contributed by atoms with Gasteiger partial charge in [0.15, 0.2) is 0 Å². The molecule has 3 heteroatoms. The number of thiophene rings is 1. The predicted octanol–water partition coefficient (Wildman–Crippen LogP) is 21.5. The first-order valence-electron chi connectivity index (χ1n) is 27.8. The van der Waals surface area contributed by atoms with E-state index in [9.17, 15) is 0 Å². The second kappa shape index (κ2) is 21.9. The van der Waals surface area contributed by atoms with E-state index < -0.39 is 0 Å². The predicted molar refractivity (Wildman–Crippen MR) is 321 cm³/mol. The van der Waals surface area contributed by atoms with Gasteiger partial charge >= 0.3 is 0 Å². The first-order valence-corrected chi connectivity index (χ1v) is 28.6. The molecule has 0 atom stereocenters. The molecular formula is C71H72N2S. The van der Waals surface area contributed by atoms with Crippen LogP contribution in [-0.4, -0.2) is 4.57 Å². The summed E-state index contributed by atoms with van der Waals surface area (Å²) in [6.07, 6.45) is 17.8. The zero-order chi connectivity index (χ0) is 50.6. The summed E-state index contributed by atoms with van der Waals surface area (Å²) >= 11 is 1.96. The lowest BCUT2D eigenvalue weighted by molar-refractivity contribution is 0.544. The van der Waals surface area contributed by atoms with Crippen LogP contribution in [0.3, 0.4) is 0 Å². The summed E-state index contributed by atoms with van der Waals surface area (Å²) in [6, 6.07) is 70.5. The van der Waals surface area contributed by atoms with Gasteiger partial charge in [-0.3, -0.25) is 0 Å². The van der Waals surface area contributed by atoms with Crippen LogP contribution in [0.2, 0.25) is 0 Å². The van der Waals surface area contributed by atoms with Crippen LogP contribution in [0.25, 0.3) is 71.3 Å². The van der Waals surface area contributed by atoms with Gasteiger partial charge in [0.05, 0.1) is 11.0 Å². The number of hydrogen-bond acceptors (Lipinski definition) is 2. The van der Waals surface area contributed by atoms with Gasteiger partial charge in [-0.05, 0) is 161 Å². The van der Waals surface area contributed by atoms with Crippen molar-refractivity contribution >= 4 is 50.2 Å². The van der Waals surface area contributed by atoms with Crippen LogP contribution < -0.4 is 4.90 Å². The number of fused-ring (bicyclic) bond motifs is 6. The minimum Gasteiger partial charge on any atom is -0.310 e. The Labute approximate surface area is 445 Å². The molecule has 74 heavy (non-hydrogen) atoms. The standard InChI is InChI=1S/C71H72N2S/c1-6-7-8-9-10-11-12-13-14-15-16-18-27-55-48-70(74-51(55)3)57-44-50(2)45-61(46-57)73-68-31-24-22-29-64(68)65-47-56(36-43-69(65)73)54-34-39-59(40-35-54)72(58-37-32-53(33-38-58)52-25-19-17-20-26-52)60-41-42-63-62-28-21-23-30-66(62)71(4,5)67(63)49-60/h17,19-26,28-49H,6-16,18,27H2,1-5H3. The first kappa shape index (κ1) is 49.3. The minimum atomic E-state index is -0.101. The Morgan fingerprint density at radius 1 is 0.432 bits per heavy atom. The molecule has 2 heterocycles. The Hall–Kier alpha value is -6.94. The average molecular weight is 985 g/mol. The first-order chi connectivity index (χ1) is 36.2. The molecule has 0 unspecified atom stereocenters. The Morgan fingerprint density at radius 3 is 1.72 bits per heavy atom. The summed E-state index contributed by atoms with van der Waals surface area (Å²) in [5, 5.41) is 2.54. The summed E-state index contributed by atoms with van der Waals surface area (Å²) in [6.45, 7) is 11.6. The van der Waals surface area contributed by atoms with E-state index in [1.54, 1.807) is 0 Å². The zero-order valence-electron chi connectivity index (χ0n) is 44.4. The van der Waals surface area contributed by atoms with Crippen LogP contribution in [0.1, 0.15) is 125 Å². The molecule has 0 fully saturated rings. The van der Waals surface area contributed by atoms with Crippen LogP contribution in [0.5, 0.6) is 0 Å². The van der Waals surface area contributed by atoms with Gasteiger partial charge in [0, 0.05) is 48.7 Å². The highest BCUT2D eigenvalue weighted by Crippen LogP contribution is 2.51. The molecule has 0 aliphatic heterocycles. The molecule has 0 spiro atoms. The van der Waals surface area contributed by atoms with E-state index in [0.717, 1.165) is 17.1 Å². The average Bonchev–Trinajstić information content (AvgIpc) is 4.05. The molecule has 10 aromatic rings. The molecule has 1 aliphatic carbocycles. The van der Waals surface area contributed by atoms with Crippen LogP contribution in [0.4, 0.5) is 17.1 Å². The topological polar surface area (TPSA) is 8.17 Å². The number of unbranched alkanes of at least 4 members (excludes halogenated alkanes) is 11. The highest BCUT2D eigenvalue weighted by Gasteiger charge is 2.35. The van der Waals surface area contributed by atoms with Crippen molar-refractivity contribution in [2.75, 3.05) is 4.90 Å². The van der Waals surface area contributed by atoms with Crippen molar-refractivity contribution < 1.29 is 0 Å². The quantitative estimate of drug-likeness (QED) is 0.0691. The lowest BCUT2D eigenvalue weighted by Gasteiger charge is -2.28. The molecule has 0 saturated carbocycles. The molecule has 0 saturated heterocycles. The van der Waals surface area contributed by atoms with Crippen LogP contribution in [-0.2, 0) is 11.8 Å². The van der Waals surface area contributed by atoms with Gasteiger partial charge in [0.2, 0.25) is 0 Å². The highest BCUT2D eigenvalue weighted by molar-refractivity contribution is 7.15. The molecule has 0 N–H and O–H groups in total. The molecule has 0 bridgehead atoms. The van der Waals surface area contributed by atoms with Gasteiger partial charge < -0.3 is 9.47 Å². The van der Waals surface area contributed by atoms with Gasteiger partial charge in [-0.1, -0.05) is 207 Å². The van der Waals surface area contributed by atoms with Crippen molar-refractivity contribution in [2.24, 2.45) is 0 Å². The molecular weight excluding hydrogens is 913 g/mol. The number of anilines is 3. The number of aromatic nitrogens is 1. The Balaban J connectivity index is 0.854. The van der Waals surface area contributed by atoms with E-state index in [0.29, 0.717) is 0 Å². The third-order valence-corrected chi connectivity index (χ3v) is 17.3. The second-order valence-corrected chi connectivity index (χ2v) is 22.9. The number of rotatable bonds is 20. The maximum atomic E-state index is 2.49. The van der Waals surface area contributed by atoms with E-state index in [4.69, 9.17) is 0 Å². The molecule has 2 nitrogen and oxygen atoms in total. The molecule has 372 valence electrons. The van der Waals surface area contributed by atoms with Gasteiger partial charge in [-0.25, -0.2) is 0 Å². The maximum Gasteiger partial charge on any atom is 0.0541 e. The van der Waals surface area contributed by atoms with Crippen molar-refractivity contribution in [3.05, 3.63) is 215 Å². The lowest BCUT2D eigenvalue weighted by Crippen LogP contribution is -2.16.